The molecule has 2 rings (SSSR count). The smallest absolute Gasteiger partial charge is 0.255 e. The van der Waals surface area contributed by atoms with Gasteiger partial charge in [0, 0.05) is 14.8 Å². The van der Waals surface area contributed by atoms with Crippen LogP contribution in [0.2, 0.25) is 0 Å². The summed E-state index contributed by atoms with van der Waals surface area (Å²) in [5.41, 5.74) is 6.82. The van der Waals surface area contributed by atoms with E-state index < -0.39 is 0 Å². The van der Waals surface area contributed by atoms with Gasteiger partial charge in [0.25, 0.3) is 5.91 Å². The molecule has 2 aromatic rings. The summed E-state index contributed by atoms with van der Waals surface area (Å²) in [5, 5.41) is 2.94. The standard InChI is InChI=1S/C15H16IN3O/c1-9-3-5-12(16)8-14(9)18-15(20)11-4-6-13(19-17)10(2)7-11/h3-8,19H,17H2,1-2H3,(H,18,20). The van der Waals surface area contributed by atoms with Crippen molar-refractivity contribution in [1.29, 1.82) is 0 Å². The van der Waals surface area contributed by atoms with Crippen molar-refractivity contribution in [3.05, 3.63) is 56.7 Å². The van der Waals surface area contributed by atoms with Crippen molar-refractivity contribution in [3.63, 3.8) is 0 Å². The van der Waals surface area contributed by atoms with Gasteiger partial charge >= 0.3 is 0 Å². The molecule has 0 saturated heterocycles. The number of nitrogens with one attached hydrogen (secondary N) is 2. The summed E-state index contributed by atoms with van der Waals surface area (Å²) in [6.07, 6.45) is 0. The molecule has 0 aromatic heterocycles. The monoisotopic (exact) mass is 381 g/mol. The quantitative estimate of drug-likeness (QED) is 0.434. The molecule has 4 N–H and O–H groups in total. The second-order valence-electron chi connectivity index (χ2n) is 4.59. The van der Waals surface area contributed by atoms with Crippen LogP contribution >= 0.6 is 22.6 Å². The van der Waals surface area contributed by atoms with Crippen LogP contribution in [0.3, 0.4) is 0 Å². The van der Waals surface area contributed by atoms with Crippen LogP contribution < -0.4 is 16.6 Å². The van der Waals surface area contributed by atoms with Gasteiger partial charge in [-0.25, -0.2) is 0 Å². The lowest BCUT2D eigenvalue weighted by atomic mass is 10.1. The number of hydrazine groups is 1. The number of aryl methyl sites for hydroxylation is 2. The summed E-state index contributed by atoms with van der Waals surface area (Å²) in [5.74, 6) is 5.26. The van der Waals surface area contributed by atoms with Crippen molar-refractivity contribution in [3.8, 4) is 0 Å². The van der Waals surface area contributed by atoms with Gasteiger partial charge in [-0.15, -0.1) is 0 Å². The first-order valence-corrected chi connectivity index (χ1v) is 7.24. The molecule has 0 spiro atoms. The molecule has 0 aliphatic heterocycles. The molecule has 0 radical (unpaired) electrons. The van der Waals surface area contributed by atoms with Gasteiger partial charge in [-0.1, -0.05) is 6.07 Å². The number of nitrogens with two attached hydrogens (primary N) is 1. The lowest BCUT2D eigenvalue weighted by Gasteiger charge is -2.11. The van der Waals surface area contributed by atoms with Crippen molar-refractivity contribution in [2.75, 3.05) is 10.7 Å². The van der Waals surface area contributed by atoms with Crippen LogP contribution in [0, 0.1) is 17.4 Å². The van der Waals surface area contributed by atoms with Gasteiger partial charge < -0.3 is 10.7 Å². The molecule has 0 saturated carbocycles. The van der Waals surface area contributed by atoms with Gasteiger partial charge in [-0.2, -0.15) is 0 Å². The van der Waals surface area contributed by atoms with Gasteiger partial charge in [-0.3, -0.25) is 10.6 Å². The zero-order chi connectivity index (χ0) is 14.7. The number of anilines is 2. The number of hydrogen-bond acceptors (Lipinski definition) is 3. The Bertz CT molecular complexity index is 656. The number of carbonyl (C=O) groups is 1. The number of nitrogen functional groups attached to an aromatic ring is 1. The summed E-state index contributed by atoms with van der Waals surface area (Å²) in [7, 11) is 0. The topological polar surface area (TPSA) is 67.2 Å². The van der Waals surface area contributed by atoms with E-state index in [9.17, 15) is 4.79 Å². The average Bonchev–Trinajstić information content (AvgIpc) is 2.42. The first-order valence-electron chi connectivity index (χ1n) is 6.16. The van der Waals surface area contributed by atoms with E-state index in [0.29, 0.717) is 5.56 Å². The molecule has 0 heterocycles. The second-order valence-corrected chi connectivity index (χ2v) is 5.83. The maximum atomic E-state index is 12.3. The zero-order valence-electron chi connectivity index (χ0n) is 11.3. The van der Waals surface area contributed by atoms with Crippen LogP contribution in [0.5, 0.6) is 0 Å². The van der Waals surface area contributed by atoms with Crippen molar-refractivity contribution in [1.82, 2.24) is 0 Å². The number of halogens is 1. The number of rotatable bonds is 3. The van der Waals surface area contributed by atoms with Gasteiger partial charge in [0.05, 0.1) is 5.69 Å². The first-order chi connectivity index (χ1) is 9.51. The highest BCUT2D eigenvalue weighted by Gasteiger charge is 2.09. The summed E-state index contributed by atoms with van der Waals surface area (Å²) in [6.45, 7) is 3.88. The SMILES string of the molecule is Cc1cc(C(=O)Nc2cc(I)ccc2C)ccc1NN. The minimum Gasteiger partial charge on any atom is -0.324 e. The molecule has 4 nitrogen and oxygen atoms in total. The lowest BCUT2D eigenvalue weighted by molar-refractivity contribution is 0.102. The Morgan fingerprint density at radius 1 is 1.05 bits per heavy atom. The van der Waals surface area contributed by atoms with Crippen molar-refractivity contribution >= 4 is 39.9 Å². The molecule has 0 bridgehead atoms. The Balaban J connectivity index is 2.24. The second kappa shape index (κ2) is 6.23. The summed E-state index contributed by atoms with van der Waals surface area (Å²) in [4.78, 5) is 12.3. The van der Waals surface area contributed by atoms with E-state index >= 15 is 0 Å². The van der Waals surface area contributed by atoms with E-state index in [4.69, 9.17) is 5.84 Å². The normalized spacial score (nSPS) is 10.2. The molecule has 20 heavy (non-hydrogen) atoms. The molecule has 2 aromatic carbocycles. The van der Waals surface area contributed by atoms with Crippen LogP contribution in [0.4, 0.5) is 11.4 Å². The van der Waals surface area contributed by atoms with Gasteiger partial charge in [0.1, 0.15) is 0 Å². The molecule has 0 atom stereocenters. The van der Waals surface area contributed by atoms with Crippen LogP contribution in [-0.4, -0.2) is 5.91 Å². The zero-order valence-corrected chi connectivity index (χ0v) is 13.5. The van der Waals surface area contributed by atoms with E-state index in [1.54, 1.807) is 12.1 Å². The average molecular weight is 381 g/mol. The Morgan fingerprint density at radius 3 is 2.45 bits per heavy atom. The Morgan fingerprint density at radius 2 is 1.80 bits per heavy atom. The van der Waals surface area contributed by atoms with Crippen LogP contribution in [0.1, 0.15) is 21.5 Å². The van der Waals surface area contributed by atoms with E-state index in [1.165, 1.54) is 0 Å². The van der Waals surface area contributed by atoms with Gasteiger partial charge in [0.15, 0.2) is 0 Å². The van der Waals surface area contributed by atoms with E-state index in [2.05, 4.69) is 33.3 Å². The minimum absolute atomic E-state index is 0.123. The summed E-state index contributed by atoms with van der Waals surface area (Å²) >= 11 is 2.22. The molecule has 0 unspecified atom stereocenters. The Kier molecular flexibility index (Phi) is 4.61. The molecule has 0 aliphatic rings. The fraction of sp³-hybridized carbons (Fsp3) is 0.133. The predicted octanol–water partition coefficient (Wildman–Crippen LogP) is 3.45. The number of amides is 1. The van der Waals surface area contributed by atoms with E-state index in [-0.39, 0.29) is 5.91 Å². The van der Waals surface area contributed by atoms with Crippen molar-refractivity contribution in [2.45, 2.75) is 13.8 Å². The first kappa shape index (κ1) is 14.8. The fourth-order valence-electron chi connectivity index (χ4n) is 1.89. The maximum absolute atomic E-state index is 12.3. The van der Waals surface area contributed by atoms with E-state index in [0.717, 1.165) is 26.1 Å². The third kappa shape index (κ3) is 3.29. The van der Waals surface area contributed by atoms with Gasteiger partial charge in [0.2, 0.25) is 0 Å². The Hall–Kier alpha value is -1.60. The molecule has 0 aliphatic carbocycles. The third-order valence-corrected chi connectivity index (χ3v) is 3.76. The lowest BCUT2D eigenvalue weighted by Crippen LogP contribution is -2.14. The summed E-state index contributed by atoms with van der Waals surface area (Å²) in [6, 6.07) is 11.3. The number of carbonyl (C=O) groups excluding carboxylic acids is 1. The van der Waals surface area contributed by atoms with Crippen LogP contribution in [0.15, 0.2) is 36.4 Å². The number of benzene rings is 2. The highest BCUT2D eigenvalue weighted by molar-refractivity contribution is 14.1. The molecular formula is C15H16IN3O. The molecule has 5 heteroatoms. The highest BCUT2D eigenvalue weighted by atomic mass is 127. The van der Waals surface area contributed by atoms with E-state index in [1.807, 2.05) is 38.1 Å². The number of hydrogen-bond donors (Lipinski definition) is 3. The van der Waals surface area contributed by atoms with Gasteiger partial charge in [-0.05, 0) is 77.9 Å². The fourth-order valence-corrected chi connectivity index (χ4v) is 2.38. The van der Waals surface area contributed by atoms with Crippen LogP contribution in [0.25, 0.3) is 0 Å². The largest absolute Gasteiger partial charge is 0.324 e. The molecule has 0 fully saturated rings. The molecular weight excluding hydrogens is 365 g/mol. The minimum atomic E-state index is -0.123. The van der Waals surface area contributed by atoms with Crippen LogP contribution in [-0.2, 0) is 0 Å². The maximum Gasteiger partial charge on any atom is 0.255 e. The van der Waals surface area contributed by atoms with Crippen molar-refractivity contribution < 1.29 is 4.79 Å². The Labute approximate surface area is 131 Å². The summed E-state index contributed by atoms with van der Waals surface area (Å²) < 4.78 is 1.09. The third-order valence-electron chi connectivity index (χ3n) is 3.09. The molecule has 104 valence electrons. The molecule has 1 amide bonds. The highest BCUT2D eigenvalue weighted by Crippen LogP contribution is 2.20. The van der Waals surface area contributed by atoms with Crippen molar-refractivity contribution in [2.24, 2.45) is 5.84 Å². The predicted molar refractivity (Wildman–Crippen MR) is 90.8 cm³/mol.